The maximum absolute atomic E-state index is 13.2. The molecule has 212 valence electrons. The molecule has 1 aromatic heterocycles. The highest BCUT2D eigenvalue weighted by Gasteiger charge is 2.30. The van der Waals surface area contributed by atoms with Crippen LogP contribution in [-0.2, 0) is 31.4 Å². The van der Waals surface area contributed by atoms with E-state index in [2.05, 4.69) is 20.8 Å². The molecule has 3 rings (SSSR count). The van der Waals surface area contributed by atoms with E-state index in [1.165, 1.54) is 25.2 Å². The van der Waals surface area contributed by atoms with Crippen LogP contribution in [0.5, 0.6) is 5.75 Å². The quantitative estimate of drug-likeness (QED) is 0.249. The van der Waals surface area contributed by atoms with Crippen LogP contribution in [-0.4, -0.2) is 63.8 Å². The van der Waals surface area contributed by atoms with Gasteiger partial charge >= 0.3 is 5.97 Å². The van der Waals surface area contributed by atoms with Gasteiger partial charge in [-0.3, -0.25) is 19.2 Å². The van der Waals surface area contributed by atoms with Crippen molar-refractivity contribution in [3.8, 4) is 17.2 Å². The molecular weight excluding hydrogens is 536 g/mol. The van der Waals surface area contributed by atoms with Gasteiger partial charge in [-0.15, -0.1) is 11.8 Å². The largest absolute Gasteiger partial charge is 0.496 e. The molecular formula is C28H32N4O7S. The van der Waals surface area contributed by atoms with Gasteiger partial charge in [-0.25, -0.2) is 0 Å². The normalized spacial score (nSPS) is 12.4. The number of nitrogens with one attached hydrogen (secondary N) is 2. The third kappa shape index (κ3) is 8.94. The first kappa shape index (κ1) is 30.4. The average molecular weight is 569 g/mol. The Morgan fingerprint density at radius 2 is 1.82 bits per heavy atom. The first-order valence-corrected chi connectivity index (χ1v) is 13.7. The second kappa shape index (κ2) is 14.8. The Balaban J connectivity index is 1.65. The predicted octanol–water partition coefficient (Wildman–Crippen LogP) is 2.89. The van der Waals surface area contributed by atoms with Crippen LogP contribution in [0.2, 0.25) is 0 Å². The fraction of sp³-hybridized carbons (Fsp3) is 0.357. The van der Waals surface area contributed by atoms with Gasteiger partial charge in [-0.05, 0) is 29.7 Å². The van der Waals surface area contributed by atoms with Gasteiger partial charge in [0.1, 0.15) is 11.8 Å². The van der Waals surface area contributed by atoms with Crippen molar-refractivity contribution in [2.45, 2.75) is 44.5 Å². The van der Waals surface area contributed by atoms with Crippen LogP contribution in [0.25, 0.3) is 11.5 Å². The maximum atomic E-state index is 13.2. The summed E-state index contributed by atoms with van der Waals surface area (Å²) in [4.78, 5) is 54.5. The molecule has 0 radical (unpaired) electrons. The molecule has 3 aromatic rings. The molecule has 2 amide bonds. The molecule has 0 saturated carbocycles. The Morgan fingerprint density at radius 3 is 2.45 bits per heavy atom. The second-order valence-corrected chi connectivity index (χ2v) is 10.3. The monoisotopic (exact) mass is 568 g/mol. The van der Waals surface area contributed by atoms with Crippen molar-refractivity contribution in [3.05, 3.63) is 66.0 Å². The lowest BCUT2D eigenvalue weighted by atomic mass is 10.0. The number of carbonyl (C=O) groups is 4. The van der Waals surface area contributed by atoms with Crippen LogP contribution < -0.4 is 15.4 Å². The highest BCUT2D eigenvalue weighted by Crippen LogP contribution is 2.26. The number of hydrogen-bond donors (Lipinski definition) is 3. The fourth-order valence-corrected chi connectivity index (χ4v) is 4.84. The number of hydrogen-bond acceptors (Lipinski definition) is 9. The summed E-state index contributed by atoms with van der Waals surface area (Å²) in [6.45, 7) is 3.48. The van der Waals surface area contributed by atoms with E-state index in [0.717, 1.165) is 5.56 Å². The number of aliphatic carboxylic acids is 1. The molecule has 3 N–H and O–H groups in total. The number of thioether (sulfide) groups is 1. The summed E-state index contributed by atoms with van der Waals surface area (Å²) in [5.41, 5.74) is 2.16. The molecule has 2 aromatic carbocycles. The summed E-state index contributed by atoms with van der Waals surface area (Å²) in [6, 6.07) is 12.4. The number of methoxy groups -OCH3 is 1. The van der Waals surface area contributed by atoms with Crippen LogP contribution in [0.1, 0.15) is 31.4 Å². The Morgan fingerprint density at radius 1 is 1.07 bits per heavy atom. The summed E-state index contributed by atoms with van der Waals surface area (Å²) < 4.78 is 10.5. The SMILES string of the molecule is COc1ccc(-c2ncno2)cc1CC(=O)NC(C(=O)NC(CC(=O)O)C(=O)CSCc1ccccc1)C(C)C. The Bertz CT molecular complexity index is 1300. The molecule has 2 atom stereocenters. The van der Waals surface area contributed by atoms with E-state index in [0.29, 0.717) is 22.6 Å². The third-order valence-corrected chi connectivity index (χ3v) is 6.97. The standard InChI is InChI=1S/C28H32N4O7S/c1-17(2)26(32-24(34)12-20-11-19(9-10-23(20)38-3)28-29-16-30-39-28)27(37)31-21(13-25(35)36)22(33)15-40-14-18-7-5-4-6-8-18/h4-11,16-17,21,26H,12-15H2,1-3H3,(H,31,37)(H,32,34)(H,35,36). The van der Waals surface area contributed by atoms with Gasteiger partial charge in [0, 0.05) is 16.9 Å². The maximum Gasteiger partial charge on any atom is 0.305 e. The molecule has 0 aliphatic rings. The Labute approximate surface area is 236 Å². The van der Waals surface area contributed by atoms with E-state index in [9.17, 15) is 24.3 Å². The van der Waals surface area contributed by atoms with Gasteiger partial charge in [0.15, 0.2) is 12.1 Å². The zero-order valence-electron chi connectivity index (χ0n) is 22.5. The number of amides is 2. The average Bonchev–Trinajstić information content (AvgIpc) is 3.46. The topological polar surface area (TPSA) is 161 Å². The first-order valence-electron chi connectivity index (χ1n) is 12.6. The van der Waals surface area contributed by atoms with Crippen molar-refractivity contribution in [1.82, 2.24) is 20.8 Å². The summed E-state index contributed by atoms with van der Waals surface area (Å²) in [7, 11) is 1.48. The van der Waals surface area contributed by atoms with Crippen molar-refractivity contribution in [2.75, 3.05) is 12.9 Å². The molecule has 0 aliphatic carbocycles. The number of benzene rings is 2. The molecule has 40 heavy (non-hydrogen) atoms. The summed E-state index contributed by atoms with van der Waals surface area (Å²) in [6.07, 6.45) is 0.590. The van der Waals surface area contributed by atoms with Gasteiger partial charge in [0.25, 0.3) is 5.89 Å². The van der Waals surface area contributed by atoms with E-state index in [1.54, 1.807) is 32.0 Å². The van der Waals surface area contributed by atoms with E-state index in [4.69, 9.17) is 9.26 Å². The van der Waals surface area contributed by atoms with E-state index >= 15 is 0 Å². The van der Waals surface area contributed by atoms with Crippen LogP contribution in [0.4, 0.5) is 0 Å². The minimum atomic E-state index is -1.22. The lowest BCUT2D eigenvalue weighted by Crippen LogP contribution is -2.54. The number of ketones is 1. The third-order valence-electron chi connectivity index (χ3n) is 5.95. The molecule has 0 saturated heterocycles. The molecule has 12 heteroatoms. The molecule has 11 nitrogen and oxygen atoms in total. The number of carboxylic acid groups (broad SMARTS) is 1. The summed E-state index contributed by atoms with van der Waals surface area (Å²) in [5.74, 6) is -1.73. The van der Waals surface area contributed by atoms with Crippen molar-refractivity contribution < 1.29 is 33.5 Å². The molecule has 2 unspecified atom stereocenters. The number of Topliss-reactive ketones (excluding diaryl/α,β-unsaturated/α-hetero) is 1. The highest BCUT2D eigenvalue weighted by molar-refractivity contribution is 7.99. The van der Waals surface area contributed by atoms with Crippen molar-refractivity contribution in [1.29, 1.82) is 0 Å². The highest BCUT2D eigenvalue weighted by atomic mass is 32.2. The number of carboxylic acids is 1. The Kier molecular flexibility index (Phi) is 11.2. The van der Waals surface area contributed by atoms with Gasteiger partial charge in [0.05, 0.1) is 31.7 Å². The van der Waals surface area contributed by atoms with E-state index in [1.807, 2.05) is 30.3 Å². The van der Waals surface area contributed by atoms with Crippen LogP contribution in [0.15, 0.2) is 59.4 Å². The minimum absolute atomic E-state index is 0.0298. The van der Waals surface area contributed by atoms with Gasteiger partial charge in [-0.1, -0.05) is 49.3 Å². The molecule has 0 fully saturated rings. The minimum Gasteiger partial charge on any atom is -0.496 e. The Hall–Kier alpha value is -4.19. The fourth-order valence-electron chi connectivity index (χ4n) is 3.91. The van der Waals surface area contributed by atoms with E-state index < -0.39 is 42.1 Å². The van der Waals surface area contributed by atoms with Gasteiger partial charge in [-0.2, -0.15) is 4.98 Å². The molecule has 0 aliphatic heterocycles. The smallest absolute Gasteiger partial charge is 0.305 e. The number of carbonyl (C=O) groups excluding carboxylic acids is 3. The molecule has 0 bridgehead atoms. The number of nitrogens with zero attached hydrogens (tertiary/aromatic N) is 2. The van der Waals surface area contributed by atoms with Crippen LogP contribution in [0, 0.1) is 5.92 Å². The first-order chi connectivity index (χ1) is 19.2. The lowest BCUT2D eigenvalue weighted by Gasteiger charge is -2.25. The second-order valence-electron chi connectivity index (χ2n) is 9.34. The molecule has 0 spiro atoms. The molecule has 1 heterocycles. The number of ether oxygens (including phenoxy) is 1. The number of rotatable bonds is 15. The predicted molar refractivity (Wildman–Crippen MR) is 149 cm³/mol. The van der Waals surface area contributed by atoms with Gasteiger partial charge < -0.3 is 25.0 Å². The summed E-state index contributed by atoms with van der Waals surface area (Å²) in [5, 5.41) is 18.2. The van der Waals surface area contributed by atoms with Crippen molar-refractivity contribution >= 4 is 35.3 Å². The lowest BCUT2D eigenvalue weighted by molar-refractivity contribution is -0.140. The zero-order valence-corrected chi connectivity index (χ0v) is 23.3. The van der Waals surface area contributed by atoms with Crippen molar-refractivity contribution in [2.24, 2.45) is 5.92 Å². The zero-order chi connectivity index (χ0) is 29.1. The van der Waals surface area contributed by atoms with Crippen LogP contribution in [0.3, 0.4) is 0 Å². The summed E-state index contributed by atoms with van der Waals surface area (Å²) >= 11 is 1.34. The van der Waals surface area contributed by atoms with E-state index in [-0.39, 0.29) is 24.0 Å². The van der Waals surface area contributed by atoms with Gasteiger partial charge in [0.2, 0.25) is 11.8 Å². The van der Waals surface area contributed by atoms with Crippen molar-refractivity contribution in [3.63, 3.8) is 0 Å². The van der Waals surface area contributed by atoms with Crippen LogP contribution >= 0.6 is 11.8 Å². The number of aromatic nitrogens is 2.